The van der Waals surface area contributed by atoms with E-state index in [0.717, 1.165) is 17.2 Å². The molecule has 2 aliphatic rings. The fraction of sp³-hybridized carbons (Fsp3) is 0.636. The number of aromatic nitrogens is 1. The molecule has 2 atom stereocenters. The van der Waals surface area contributed by atoms with Crippen LogP contribution in [0, 0.1) is 11.3 Å². The maximum absolute atomic E-state index is 12.1. The van der Waals surface area contributed by atoms with E-state index in [0.29, 0.717) is 12.2 Å². The third kappa shape index (κ3) is 1.15. The van der Waals surface area contributed by atoms with Gasteiger partial charge in [0.15, 0.2) is 0 Å². The molecule has 1 aromatic heterocycles. The van der Waals surface area contributed by atoms with Gasteiger partial charge in [-0.1, -0.05) is 6.42 Å². The quantitative estimate of drug-likeness (QED) is 0.762. The topological polar surface area (TPSA) is 30.0 Å². The Hall–Kier alpha value is -0.700. The summed E-state index contributed by atoms with van der Waals surface area (Å²) in [7, 11) is 0. The lowest BCUT2D eigenvalue weighted by atomic mass is 9.95. The zero-order valence-corrected chi connectivity index (χ0v) is 8.85. The van der Waals surface area contributed by atoms with Crippen LogP contribution in [-0.2, 0) is 11.2 Å². The predicted octanol–water partition coefficient (Wildman–Crippen LogP) is 2.44. The van der Waals surface area contributed by atoms with Gasteiger partial charge in [0, 0.05) is 22.9 Å². The van der Waals surface area contributed by atoms with Crippen molar-refractivity contribution in [3.8, 4) is 0 Å². The second kappa shape index (κ2) is 2.89. The van der Waals surface area contributed by atoms with Crippen molar-refractivity contribution in [2.24, 2.45) is 11.3 Å². The normalized spacial score (nSPS) is 34.1. The number of carbonyl (C=O) groups is 1. The van der Waals surface area contributed by atoms with Gasteiger partial charge in [0.05, 0.1) is 0 Å². The van der Waals surface area contributed by atoms with E-state index in [-0.39, 0.29) is 5.41 Å². The number of carbonyl (C=O) groups excluding carboxylic acids is 1. The maximum atomic E-state index is 12.1. The first kappa shape index (κ1) is 8.60. The van der Waals surface area contributed by atoms with E-state index in [9.17, 15) is 4.79 Å². The highest BCUT2D eigenvalue weighted by Crippen LogP contribution is 2.64. The first-order valence-electron chi connectivity index (χ1n) is 5.24. The SMILES string of the molecule is O=C(Cc1ccns1)C12CCCC1C2. The minimum absolute atomic E-state index is 0.129. The molecule has 0 spiro atoms. The smallest absolute Gasteiger partial charge is 0.144 e. The van der Waals surface area contributed by atoms with Crippen molar-refractivity contribution < 1.29 is 4.79 Å². The van der Waals surface area contributed by atoms with Crippen LogP contribution in [0.3, 0.4) is 0 Å². The summed E-state index contributed by atoms with van der Waals surface area (Å²) in [5.74, 6) is 1.21. The summed E-state index contributed by atoms with van der Waals surface area (Å²) in [6, 6.07) is 1.96. The number of nitrogens with zero attached hydrogens (tertiary/aromatic N) is 1. The van der Waals surface area contributed by atoms with Gasteiger partial charge >= 0.3 is 0 Å². The fourth-order valence-electron chi connectivity index (χ4n) is 2.88. The summed E-state index contributed by atoms with van der Waals surface area (Å²) in [5.41, 5.74) is 0.129. The second-order valence-corrected chi connectivity index (χ2v) is 5.45. The van der Waals surface area contributed by atoms with Gasteiger partial charge < -0.3 is 0 Å². The molecular formula is C11H13NOS. The molecule has 1 aromatic rings. The zero-order valence-electron chi connectivity index (χ0n) is 8.03. The molecule has 2 nitrogen and oxygen atoms in total. The molecule has 14 heavy (non-hydrogen) atoms. The molecule has 3 heteroatoms. The van der Waals surface area contributed by atoms with Gasteiger partial charge in [-0.15, -0.1) is 0 Å². The van der Waals surface area contributed by atoms with E-state index >= 15 is 0 Å². The maximum Gasteiger partial charge on any atom is 0.144 e. The second-order valence-electron chi connectivity index (χ2n) is 4.53. The zero-order chi connectivity index (χ0) is 9.60. The van der Waals surface area contributed by atoms with Crippen LogP contribution in [0.1, 0.15) is 30.6 Å². The molecule has 0 aliphatic heterocycles. The molecule has 0 N–H and O–H groups in total. The molecule has 2 saturated carbocycles. The summed E-state index contributed by atoms with van der Waals surface area (Å²) in [6.07, 6.45) is 7.28. The molecular weight excluding hydrogens is 194 g/mol. The van der Waals surface area contributed by atoms with Crippen molar-refractivity contribution in [2.45, 2.75) is 32.1 Å². The van der Waals surface area contributed by atoms with E-state index in [1.165, 1.54) is 30.8 Å². The predicted molar refractivity (Wildman–Crippen MR) is 55.2 cm³/mol. The number of hydrogen-bond donors (Lipinski definition) is 0. The van der Waals surface area contributed by atoms with Crippen LogP contribution in [0.15, 0.2) is 12.3 Å². The number of rotatable bonds is 3. The van der Waals surface area contributed by atoms with Crippen molar-refractivity contribution >= 4 is 17.3 Å². The molecule has 0 aromatic carbocycles. The van der Waals surface area contributed by atoms with Crippen molar-refractivity contribution in [3.63, 3.8) is 0 Å². The highest BCUT2D eigenvalue weighted by Gasteiger charge is 2.60. The highest BCUT2D eigenvalue weighted by atomic mass is 32.1. The summed E-state index contributed by atoms with van der Waals surface area (Å²) in [4.78, 5) is 13.2. The molecule has 0 radical (unpaired) electrons. The Kier molecular flexibility index (Phi) is 1.78. The van der Waals surface area contributed by atoms with Crippen molar-refractivity contribution in [1.29, 1.82) is 0 Å². The summed E-state index contributed by atoms with van der Waals surface area (Å²) in [6.45, 7) is 0. The number of Topliss-reactive ketones (excluding diaryl/α,β-unsaturated/α-hetero) is 1. The lowest BCUT2D eigenvalue weighted by Crippen LogP contribution is -2.17. The van der Waals surface area contributed by atoms with Crippen LogP contribution in [0.2, 0.25) is 0 Å². The molecule has 2 fully saturated rings. The molecule has 1 heterocycles. The van der Waals surface area contributed by atoms with E-state index in [4.69, 9.17) is 0 Å². The van der Waals surface area contributed by atoms with Gasteiger partial charge in [0.25, 0.3) is 0 Å². The monoisotopic (exact) mass is 207 g/mol. The van der Waals surface area contributed by atoms with E-state index in [1.54, 1.807) is 6.20 Å². The molecule has 3 rings (SSSR count). The minimum atomic E-state index is 0.129. The van der Waals surface area contributed by atoms with E-state index < -0.39 is 0 Å². The number of ketones is 1. The van der Waals surface area contributed by atoms with Crippen LogP contribution < -0.4 is 0 Å². The third-order valence-corrected chi connectivity index (χ3v) is 4.53. The molecule has 0 saturated heterocycles. The first-order chi connectivity index (χ1) is 6.81. The first-order valence-corrected chi connectivity index (χ1v) is 6.01. The fourth-order valence-corrected chi connectivity index (χ4v) is 3.45. The molecule has 2 unspecified atom stereocenters. The van der Waals surface area contributed by atoms with Gasteiger partial charge in [-0.2, -0.15) is 0 Å². The summed E-state index contributed by atoms with van der Waals surface area (Å²) in [5, 5.41) is 0. The minimum Gasteiger partial charge on any atom is -0.299 e. The Balaban J connectivity index is 1.72. The summed E-state index contributed by atoms with van der Waals surface area (Å²) < 4.78 is 4.03. The van der Waals surface area contributed by atoms with Crippen LogP contribution in [0.5, 0.6) is 0 Å². The summed E-state index contributed by atoms with van der Waals surface area (Å²) >= 11 is 1.46. The van der Waals surface area contributed by atoms with Crippen LogP contribution in [0.25, 0.3) is 0 Å². The average Bonchev–Trinajstić information content (AvgIpc) is 2.62. The van der Waals surface area contributed by atoms with Crippen molar-refractivity contribution in [2.75, 3.05) is 0 Å². The van der Waals surface area contributed by atoms with Gasteiger partial charge in [0.1, 0.15) is 5.78 Å². The van der Waals surface area contributed by atoms with Gasteiger partial charge in [-0.3, -0.25) is 4.79 Å². The van der Waals surface area contributed by atoms with Gasteiger partial charge in [-0.05, 0) is 42.8 Å². The number of fused-ring (bicyclic) bond motifs is 1. The molecule has 0 amide bonds. The number of hydrogen-bond acceptors (Lipinski definition) is 3. The van der Waals surface area contributed by atoms with Crippen LogP contribution >= 0.6 is 11.5 Å². The van der Waals surface area contributed by atoms with Crippen LogP contribution in [0.4, 0.5) is 0 Å². The average molecular weight is 207 g/mol. The van der Waals surface area contributed by atoms with Crippen molar-refractivity contribution in [3.05, 3.63) is 17.1 Å². The third-order valence-electron chi connectivity index (χ3n) is 3.79. The highest BCUT2D eigenvalue weighted by molar-refractivity contribution is 7.05. The Morgan fingerprint density at radius 3 is 3.21 bits per heavy atom. The Morgan fingerprint density at radius 2 is 2.64 bits per heavy atom. The molecule has 2 aliphatic carbocycles. The van der Waals surface area contributed by atoms with Crippen LogP contribution in [-0.4, -0.2) is 10.2 Å². The standard InChI is InChI=1S/C11H13NOS/c13-10(6-9-3-5-12-14-9)11-4-1-2-8(11)7-11/h3,5,8H,1-2,4,6-7H2. The molecule has 0 bridgehead atoms. The van der Waals surface area contributed by atoms with Gasteiger partial charge in [0.2, 0.25) is 0 Å². The van der Waals surface area contributed by atoms with Gasteiger partial charge in [-0.25, -0.2) is 4.37 Å². The lowest BCUT2D eigenvalue weighted by molar-refractivity contribution is -0.123. The van der Waals surface area contributed by atoms with E-state index in [1.807, 2.05) is 6.07 Å². The lowest BCUT2D eigenvalue weighted by Gasteiger charge is -2.08. The Labute approximate surface area is 87.5 Å². The molecule has 74 valence electrons. The van der Waals surface area contributed by atoms with Crippen molar-refractivity contribution in [1.82, 2.24) is 4.37 Å². The van der Waals surface area contributed by atoms with E-state index in [2.05, 4.69) is 4.37 Å². The Bertz CT molecular complexity index is 359. The largest absolute Gasteiger partial charge is 0.299 e. The Morgan fingerprint density at radius 1 is 1.71 bits per heavy atom.